The van der Waals surface area contributed by atoms with Gasteiger partial charge in [0.1, 0.15) is 0 Å². The number of carbonyl (C=O) groups is 2. The maximum absolute atomic E-state index is 11.7. The van der Waals surface area contributed by atoms with Gasteiger partial charge < -0.3 is 9.47 Å². The van der Waals surface area contributed by atoms with Crippen LogP contribution in [-0.4, -0.2) is 36.6 Å². The third-order valence-electron chi connectivity index (χ3n) is 2.42. The molecule has 0 bridgehead atoms. The van der Waals surface area contributed by atoms with Crippen molar-refractivity contribution in [3.8, 4) is 0 Å². The molecular weight excluding hydrogens is 242 g/mol. The van der Waals surface area contributed by atoms with Crippen LogP contribution in [0, 0.1) is 22.0 Å². The predicted octanol–water partition coefficient (Wildman–Crippen LogP) is 1.03. The van der Waals surface area contributed by atoms with Crippen molar-refractivity contribution in [2.24, 2.45) is 11.8 Å². The molecule has 7 heteroatoms. The van der Waals surface area contributed by atoms with Crippen molar-refractivity contribution in [1.29, 1.82) is 0 Å². The topological polar surface area (TPSA) is 95.7 Å². The molecule has 0 aliphatic rings. The van der Waals surface area contributed by atoms with Crippen molar-refractivity contribution in [3.63, 3.8) is 0 Å². The Hall–Kier alpha value is -1.66. The van der Waals surface area contributed by atoms with Crippen molar-refractivity contribution in [1.82, 2.24) is 0 Å². The summed E-state index contributed by atoms with van der Waals surface area (Å²) in [5.74, 6) is -2.96. The van der Waals surface area contributed by atoms with E-state index in [1.54, 1.807) is 20.8 Å². The first-order valence-corrected chi connectivity index (χ1v) is 5.89. The molecule has 104 valence electrons. The summed E-state index contributed by atoms with van der Waals surface area (Å²) in [5, 5.41) is 10.3. The largest absolute Gasteiger partial charge is 0.465 e. The highest BCUT2D eigenvalue weighted by Gasteiger charge is 2.35. The molecule has 0 amide bonds. The maximum atomic E-state index is 11.7. The Balaban J connectivity index is 4.67. The molecule has 0 radical (unpaired) electrons. The summed E-state index contributed by atoms with van der Waals surface area (Å²) in [7, 11) is 0. The van der Waals surface area contributed by atoms with Crippen LogP contribution in [0.1, 0.15) is 27.2 Å². The fraction of sp³-hybridized carbons (Fsp3) is 0.818. The number of nitrogens with zero attached hydrogens (tertiary/aromatic N) is 1. The molecule has 0 heterocycles. The number of rotatable bonds is 8. The lowest BCUT2D eigenvalue weighted by atomic mass is 9.91. The van der Waals surface area contributed by atoms with Crippen LogP contribution in [0.4, 0.5) is 0 Å². The van der Waals surface area contributed by atoms with Gasteiger partial charge in [-0.05, 0) is 19.8 Å². The highest BCUT2D eigenvalue weighted by molar-refractivity contribution is 5.95. The number of esters is 2. The van der Waals surface area contributed by atoms with E-state index in [0.717, 1.165) is 0 Å². The van der Waals surface area contributed by atoms with Gasteiger partial charge in [-0.25, -0.2) is 0 Å². The van der Waals surface area contributed by atoms with Crippen LogP contribution in [0.15, 0.2) is 0 Å². The standard InChI is InChI=1S/C11H19NO6/c1-4-17-10(13)9(11(14)18-5-2)8(3)6-7-12(15)16/h8-9H,4-7H2,1-3H3. The predicted molar refractivity (Wildman–Crippen MR) is 62.4 cm³/mol. The van der Waals surface area contributed by atoms with Gasteiger partial charge in [-0.15, -0.1) is 0 Å². The minimum Gasteiger partial charge on any atom is -0.465 e. The highest BCUT2D eigenvalue weighted by atomic mass is 16.6. The average molecular weight is 261 g/mol. The van der Waals surface area contributed by atoms with Crippen molar-refractivity contribution in [2.75, 3.05) is 19.8 Å². The van der Waals surface area contributed by atoms with Gasteiger partial charge in [0.15, 0.2) is 5.92 Å². The van der Waals surface area contributed by atoms with Crippen LogP contribution in [0.3, 0.4) is 0 Å². The zero-order valence-electron chi connectivity index (χ0n) is 10.9. The minimum absolute atomic E-state index is 0.120. The SMILES string of the molecule is CCOC(=O)C(C(=O)OCC)C(C)CC[N+](=O)[O-]. The second-order valence-electron chi connectivity index (χ2n) is 3.80. The molecule has 0 aliphatic heterocycles. The minimum atomic E-state index is -1.09. The molecule has 18 heavy (non-hydrogen) atoms. The van der Waals surface area contributed by atoms with Crippen LogP contribution in [-0.2, 0) is 19.1 Å². The molecule has 1 unspecified atom stereocenters. The Labute approximate surface area is 106 Å². The molecule has 0 spiro atoms. The molecule has 1 atom stereocenters. The lowest BCUT2D eigenvalue weighted by molar-refractivity contribution is -0.481. The lowest BCUT2D eigenvalue weighted by Crippen LogP contribution is -2.34. The summed E-state index contributed by atoms with van der Waals surface area (Å²) in [4.78, 5) is 33.1. The first-order valence-electron chi connectivity index (χ1n) is 5.89. The molecule has 0 aromatic carbocycles. The Kier molecular flexibility index (Phi) is 7.66. The fourth-order valence-corrected chi connectivity index (χ4v) is 1.50. The first kappa shape index (κ1) is 16.3. The summed E-state index contributed by atoms with van der Waals surface area (Å²) in [6, 6.07) is 0. The van der Waals surface area contributed by atoms with Gasteiger partial charge in [0.2, 0.25) is 6.54 Å². The van der Waals surface area contributed by atoms with Crippen LogP contribution >= 0.6 is 0 Å². The Morgan fingerprint density at radius 2 is 1.61 bits per heavy atom. The van der Waals surface area contributed by atoms with Gasteiger partial charge in [-0.1, -0.05) is 6.92 Å². The average Bonchev–Trinajstić information content (AvgIpc) is 2.27. The number of ether oxygens (including phenoxy) is 2. The third kappa shape index (κ3) is 5.60. The number of hydrogen-bond donors (Lipinski definition) is 0. The summed E-state index contributed by atoms with van der Waals surface area (Å²) in [6.45, 7) is 4.86. The molecule has 0 aromatic heterocycles. The molecule has 0 aliphatic carbocycles. The number of nitro groups is 1. The molecule has 0 fully saturated rings. The second-order valence-corrected chi connectivity index (χ2v) is 3.80. The maximum Gasteiger partial charge on any atom is 0.320 e. The first-order chi connectivity index (χ1) is 8.43. The quantitative estimate of drug-likeness (QED) is 0.280. The van der Waals surface area contributed by atoms with E-state index in [2.05, 4.69) is 0 Å². The normalized spacial score (nSPS) is 12.0. The van der Waals surface area contributed by atoms with E-state index in [1.807, 2.05) is 0 Å². The van der Waals surface area contributed by atoms with Crippen molar-refractivity contribution >= 4 is 11.9 Å². The van der Waals surface area contributed by atoms with E-state index in [4.69, 9.17) is 9.47 Å². The lowest BCUT2D eigenvalue weighted by Gasteiger charge is -2.19. The van der Waals surface area contributed by atoms with Gasteiger partial charge in [0, 0.05) is 11.3 Å². The van der Waals surface area contributed by atoms with Gasteiger partial charge >= 0.3 is 11.9 Å². The van der Waals surface area contributed by atoms with E-state index in [1.165, 1.54) is 0 Å². The summed E-state index contributed by atoms with van der Waals surface area (Å²) < 4.78 is 9.58. The number of carbonyl (C=O) groups excluding carboxylic acids is 2. The van der Waals surface area contributed by atoms with E-state index >= 15 is 0 Å². The number of hydrogen-bond acceptors (Lipinski definition) is 6. The zero-order chi connectivity index (χ0) is 14.1. The van der Waals surface area contributed by atoms with E-state index in [9.17, 15) is 19.7 Å². The molecule has 0 saturated carbocycles. The molecule has 0 aromatic rings. The smallest absolute Gasteiger partial charge is 0.320 e. The Bertz CT molecular complexity index is 286. The molecule has 7 nitrogen and oxygen atoms in total. The molecule has 0 N–H and O–H groups in total. The Morgan fingerprint density at radius 1 is 1.17 bits per heavy atom. The second kappa shape index (κ2) is 8.43. The van der Waals surface area contributed by atoms with Crippen molar-refractivity contribution in [3.05, 3.63) is 10.1 Å². The van der Waals surface area contributed by atoms with Crippen molar-refractivity contribution < 1.29 is 24.0 Å². The van der Waals surface area contributed by atoms with Crippen LogP contribution < -0.4 is 0 Å². The van der Waals surface area contributed by atoms with Crippen LogP contribution in [0.5, 0.6) is 0 Å². The zero-order valence-corrected chi connectivity index (χ0v) is 10.9. The van der Waals surface area contributed by atoms with Crippen LogP contribution in [0.2, 0.25) is 0 Å². The van der Waals surface area contributed by atoms with E-state index < -0.39 is 28.7 Å². The monoisotopic (exact) mass is 261 g/mol. The summed E-state index contributed by atoms with van der Waals surface area (Å²) in [6.07, 6.45) is 0.120. The van der Waals surface area contributed by atoms with Gasteiger partial charge in [0.25, 0.3) is 0 Å². The Morgan fingerprint density at radius 3 is 1.94 bits per heavy atom. The summed E-state index contributed by atoms with van der Waals surface area (Å²) in [5.41, 5.74) is 0. The van der Waals surface area contributed by atoms with Crippen LogP contribution in [0.25, 0.3) is 0 Å². The summed E-state index contributed by atoms with van der Waals surface area (Å²) >= 11 is 0. The van der Waals surface area contributed by atoms with Crippen molar-refractivity contribution in [2.45, 2.75) is 27.2 Å². The molecule has 0 saturated heterocycles. The van der Waals surface area contributed by atoms with Gasteiger partial charge in [-0.2, -0.15) is 0 Å². The van der Waals surface area contributed by atoms with Gasteiger partial charge in [-0.3, -0.25) is 19.7 Å². The molecular formula is C11H19NO6. The van der Waals surface area contributed by atoms with E-state index in [0.29, 0.717) is 0 Å². The third-order valence-corrected chi connectivity index (χ3v) is 2.42. The van der Waals surface area contributed by atoms with E-state index in [-0.39, 0.29) is 26.2 Å². The highest BCUT2D eigenvalue weighted by Crippen LogP contribution is 2.19. The fourth-order valence-electron chi connectivity index (χ4n) is 1.50. The van der Waals surface area contributed by atoms with Gasteiger partial charge in [0.05, 0.1) is 13.2 Å². The molecule has 0 rings (SSSR count).